The Morgan fingerprint density at radius 1 is 1.20 bits per heavy atom. The molecule has 0 bridgehead atoms. The molecule has 0 aliphatic rings. The van der Waals surface area contributed by atoms with Crippen molar-refractivity contribution in [3.63, 3.8) is 0 Å². The Morgan fingerprint density at radius 2 is 1.80 bits per heavy atom. The molecule has 0 saturated carbocycles. The zero-order valence-corrected chi connectivity index (χ0v) is 12.7. The van der Waals surface area contributed by atoms with Gasteiger partial charge in [0, 0.05) is 6.04 Å². The van der Waals surface area contributed by atoms with Crippen LogP contribution in [0.25, 0.3) is 0 Å². The van der Waals surface area contributed by atoms with Crippen LogP contribution in [0, 0.1) is 0 Å². The van der Waals surface area contributed by atoms with E-state index in [0.29, 0.717) is 11.5 Å². The van der Waals surface area contributed by atoms with Gasteiger partial charge in [-0.25, -0.2) is 0 Å². The van der Waals surface area contributed by atoms with Crippen molar-refractivity contribution in [3.05, 3.63) is 23.8 Å². The highest BCUT2D eigenvalue weighted by molar-refractivity contribution is 5.71. The molecule has 0 fully saturated rings. The third-order valence-corrected chi connectivity index (χ3v) is 2.64. The summed E-state index contributed by atoms with van der Waals surface area (Å²) in [4.78, 5) is 11.8. The maximum atomic E-state index is 11.8. The first-order valence-corrected chi connectivity index (χ1v) is 6.46. The molecule has 1 atom stereocenters. The molecule has 0 amide bonds. The van der Waals surface area contributed by atoms with E-state index in [4.69, 9.17) is 19.9 Å². The number of hydrogen-bond donors (Lipinski definition) is 1. The van der Waals surface area contributed by atoms with E-state index in [1.165, 1.54) is 0 Å². The van der Waals surface area contributed by atoms with Crippen LogP contribution < -0.4 is 15.2 Å². The predicted octanol–water partition coefficient (Wildman–Crippen LogP) is 2.44. The minimum atomic E-state index is -0.506. The zero-order chi connectivity index (χ0) is 15.3. The van der Waals surface area contributed by atoms with E-state index < -0.39 is 11.6 Å². The molecule has 20 heavy (non-hydrogen) atoms. The highest BCUT2D eigenvalue weighted by Crippen LogP contribution is 2.30. The Kier molecular flexibility index (Phi) is 5.39. The summed E-state index contributed by atoms with van der Waals surface area (Å²) < 4.78 is 15.6. The molecule has 112 valence electrons. The van der Waals surface area contributed by atoms with Crippen LogP contribution in [0.5, 0.6) is 11.5 Å². The van der Waals surface area contributed by atoms with E-state index in [1.807, 2.05) is 26.8 Å². The van der Waals surface area contributed by atoms with Crippen LogP contribution >= 0.6 is 0 Å². The van der Waals surface area contributed by atoms with E-state index in [1.54, 1.807) is 26.4 Å². The number of rotatable bonds is 5. The summed E-state index contributed by atoms with van der Waals surface area (Å²) in [5, 5.41) is 0. The van der Waals surface area contributed by atoms with Gasteiger partial charge in [-0.15, -0.1) is 0 Å². The van der Waals surface area contributed by atoms with Crippen LogP contribution in [0.3, 0.4) is 0 Å². The second kappa shape index (κ2) is 6.61. The fourth-order valence-corrected chi connectivity index (χ4v) is 1.76. The molecule has 1 unspecified atom stereocenters. The van der Waals surface area contributed by atoms with Gasteiger partial charge in [0.25, 0.3) is 0 Å². The standard InChI is InChI=1S/C15H23NO4/c1-15(2,3)20-14(17)9-11(16)10-6-7-12(18-4)13(8-10)19-5/h6-8,11H,9,16H2,1-5H3. The Balaban J connectivity index is 2.77. The second-order valence-corrected chi connectivity index (χ2v) is 5.51. The Hall–Kier alpha value is -1.75. The smallest absolute Gasteiger partial charge is 0.308 e. The zero-order valence-electron chi connectivity index (χ0n) is 12.7. The van der Waals surface area contributed by atoms with E-state index in [2.05, 4.69) is 0 Å². The minimum Gasteiger partial charge on any atom is -0.493 e. The lowest BCUT2D eigenvalue weighted by Crippen LogP contribution is -2.26. The average Bonchev–Trinajstić information content (AvgIpc) is 2.35. The number of methoxy groups -OCH3 is 2. The first kappa shape index (κ1) is 16.3. The maximum absolute atomic E-state index is 11.8. The Bertz CT molecular complexity index is 465. The van der Waals surface area contributed by atoms with Gasteiger partial charge in [-0.2, -0.15) is 0 Å². The van der Waals surface area contributed by atoms with Crippen molar-refractivity contribution in [1.82, 2.24) is 0 Å². The summed E-state index contributed by atoms with van der Waals surface area (Å²) in [6.07, 6.45) is 0.118. The predicted molar refractivity (Wildman–Crippen MR) is 76.9 cm³/mol. The quantitative estimate of drug-likeness (QED) is 0.839. The second-order valence-electron chi connectivity index (χ2n) is 5.51. The van der Waals surface area contributed by atoms with Gasteiger partial charge < -0.3 is 19.9 Å². The number of carbonyl (C=O) groups excluding carboxylic acids is 1. The fourth-order valence-electron chi connectivity index (χ4n) is 1.76. The topological polar surface area (TPSA) is 70.8 Å². The molecule has 1 aromatic rings. The van der Waals surface area contributed by atoms with Crippen LogP contribution in [-0.2, 0) is 9.53 Å². The monoisotopic (exact) mass is 281 g/mol. The molecule has 0 aliphatic carbocycles. The minimum absolute atomic E-state index is 0.118. The maximum Gasteiger partial charge on any atom is 0.308 e. The largest absolute Gasteiger partial charge is 0.493 e. The molecular weight excluding hydrogens is 258 g/mol. The van der Waals surface area contributed by atoms with Crippen LogP contribution in [0.1, 0.15) is 38.8 Å². The number of ether oxygens (including phenoxy) is 3. The van der Waals surface area contributed by atoms with E-state index >= 15 is 0 Å². The molecule has 2 N–H and O–H groups in total. The Labute approximate surface area is 120 Å². The third kappa shape index (κ3) is 4.74. The van der Waals surface area contributed by atoms with E-state index in [0.717, 1.165) is 5.56 Å². The lowest BCUT2D eigenvalue weighted by molar-refractivity contribution is -0.155. The molecule has 1 aromatic carbocycles. The summed E-state index contributed by atoms with van der Waals surface area (Å²) in [6, 6.07) is 4.91. The highest BCUT2D eigenvalue weighted by Gasteiger charge is 2.20. The molecule has 1 rings (SSSR count). The highest BCUT2D eigenvalue weighted by atomic mass is 16.6. The van der Waals surface area contributed by atoms with Crippen molar-refractivity contribution in [3.8, 4) is 11.5 Å². The normalized spacial score (nSPS) is 12.7. The third-order valence-electron chi connectivity index (χ3n) is 2.64. The fraction of sp³-hybridized carbons (Fsp3) is 0.533. The summed E-state index contributed by atoms with van der Waals surface area (Å²) in [5.74, 6) is 0.894. The number of esters is 1. The summed E-state index contributed by atoms with van der Waals surface area (Å²) in [7, 11) is 3.12. The molecule has 5 nitrogen and oxygen atoms in total. The van der Waals surface area contributed by atoms with Crippen molar-refractivity contribution < 1.29 is 19.0 Å². The van der Waals surface area contributed by atoms with Crippen molar-refractivity contribution in [2.24, 2.45) is 5.73 Å². The number of hydrogen-bond acceptors (Lipinski definition) is 5. The average molecular weight is 281 g/mol. The summed E-state index contributed by atoms with van der Waals surface area (Å²) in [6.45, 7) is 5.48. The molecule has 0 aromatic heterocycles. The van der Waals surface area contributed by atoms with Gasteiger partial charge in [0.1, 0.15) is 5.60 Å². The van der Waals surface area contributed by atoms with Crippen LogP contribution in [0.2, 0.25) is 0 Å². The molecule has 0 heterocycles. The van der Waals surface area contributed by atoms with Gasteiger partial charge >= 0.3 is 5.97 Å². The van der Waals surface area contributed by atoms with Crippen LogP contribution in [0.15, 0.2) is 18.2 Å². The molecule has 0 saturated heterocycles. The first-order chi connectivity index (χ1) is 9.26. The van der Waals surface area contributed by atoms with Crippen molar-refractivity contribution in [2.75, 3.05) is 14.2 Å². The van der Waals surface area contributed by atoms with Crippen molar-refractivity contribution in [1.29, 1.82) is 0 Å². The van der Waals surface area contributed by atoms with Crippen molar-refractivity contribution >= 4 is 5.97 Å². The summed E-state index contributed by atoms with van der Waals surface area (Å²) in [5.41, 5.74) is 6.33. The molecule has 5 heteroatoms. The number of benzene rings is 1. The Morgan fingerprint density at radius 3 is 2.30 bits per heavy atom. The van der Waals surface area contributed by atoms with Gasteiger partial charge in [0.05, 0.1) is 20.6 Å². The van der Waals surface area contributed by atoms with Crippen LogP contribution in [0.4, 0.5) is 0 Å². The van der Waals surface area contributed by atoms with Gasteiger partial charge in [0.15, 0.2) is 11.5 Å². The number of carbonyl (C=O) groups is 1. The van der Waals surface area contributed by atoms with Gasteiger partial charge in [-0.1, -0.05) is 6.07 Å². The van der Waals surface area contributed by atoms with Gasteiger partial charge in [-0.05, 0) is 38.5 Å². The van der Waals surface area contributed by atoms with E-state index in [-0.39, 0.29) is 12.4 Å². The van der Waals surface area contributed by atoms with Gasteiger partial charge in [-0.3, -0.25) is 4.79 Å². The number of nitrogens with two attached hydrogens (primary N) is 1. The molecule has 0 spiro atoms. The van der Waals surface area contributed by atoms with Crippen LogP contribution in [-0.4, -0.2) is 25.8 Å². The molecule has 0 aliphatic heterocycles. The molecular formula is C15H23NO4. The van der Waals surface area contributed by atoms with Gasteiger partial charge in [0.2, 0.25) is 0 Å². The summed E-state index contributed by atoms with van der Waals surface area (Å²) >= 11 is 0. The lowest BCUT2D eigenvalue weighted by Gasteiger charge is -2.21. The lowest BCUT2D eigenvalue weighted by atomic mass is 10.0. The first-order valence-electron chi connectivity index (χ1n) is 6.46. The molecule has 0 radical (unpaired) electrons. The van der Waals surface area contributed by atoms with E-state index in [9.17, 15) is 4.79 Å². The van der Waals surface area contributed by atoms with Crippen molar-refractivity contribution in [2.45, 2.75) is 38.8 Å². The SMILES string of the molecule is COc1ccc(C(N)CC(=O)OC(C)(C)C)cc1OC.